The van der Waals surface area contributed by atoms with Gasteiger partial charge >= 0.3 is 0 Å². The fourth-order valence-electron chi connectivity index (χ4n) is 8.83. The van der Waals surface area contributed by atoms with E-state index in [4.69, 9.17) is 9.97 Å². The van der Waals surface area contributed by atoms with E-state index in [1.165, 1.54) is 54.4 Å². The van der Waals surface area contributed by atoms with Crippen LogP contribution in [-0.4, -0.2) is 18.9 Å². The maximum atomic E-state index is 5.51. The number of fused-ring (bicyclic) bond motifs is 8. The Morgan fingerprint density at radius 2 is 1.00 bits per heavy atom. The Morgan fingerprint density at radius 3 is 1.85 bits per heavy atom. The van der Waals surface area contributed by atoms with E-state index in [9.17, 15) is 0 Å². The summed E-state index contributed by atoms with van der Waals surface area (Å²) in [7, 11) is 0. The van der Waals surface area contributed by atoms with Gasteiger partial charge in [-0.15, -0.1) is 0 Å². The number of nitrogens with zero attached hydrogens (tertiary/aromatic N) is 4. The minimum Gasteiger partial charge on any atom is -0.308 e. The molecule has 52 heavy (non-hydrogen) atoms. The lowest BCUT2D eigenvalue weighted by Crippen LogP contribution is -2.04. The van der Waals surface area contributed by atoms with Crippen LogP contribution in [0, 0.1) is 0 Å². The summed E-state index contributed by atoms with van der Waals surface area (Å²) in [4.78, 5) is 11.0. The zero-order valence-corrected chi connectivity index (χ0v) is 28.0. The SMILES string of the molecule is c1ccc(-c2cc3c4c5c(cccc5n3-c3nc(-c5ccccc5)c5ccc6ccccc6c5n3)c3cccc5c6ccccc6n(c4c2)c35)cc1. The van der Waals surface area contributed by atoms with Crippen LogP contribution in [0.4, 0.5) is 0 Å². The van der Waals surface area contributed by atoms with Crippen LogP contribution >= 0.6 is 0 Å². The molecule has 0 N–H and O–H groups in total. The van der Waals surface area contributed by atoms with Gasteiger partial charge in [-0.25, -0.2) is 9.97 Å². The van der Waals surface area contributed by atoms with Crippen molar-refractivity contribution in [1.82, 2.24) is 18.9 Å². The number of para-hydroxylation sites is 2. The number of rotatable bonds is 3. The largest absolute Gasteiger partial charge is 0.308 e. The minimum absolute atomic E-state index is 0.660. The van der Waals surface area contributed by atoms with Crippen molar-refractivity contribution >= 4 is 81.6 Å². The molecule has 4 nitrogen and oxygen atoms in total. The van der Waals surface area contributed by atoms with Gasteiger partial charge in [0.05, 0.1) is 38.8 Å². The van der Waals surface area contributed by atoms with E-state index in [0.29, 0.717) is 5.95 Å². The molecule has 0 atom stereocenters. The Kier molecular flexibility index (Phi) is 5.47. The van der Waals surface area contributed by atoms with Gasteiger partial charge in [0.2, 0.25) is 5.95 Å². The average Bonchev–Trinajstić information content (AvgIpc) is 3.69. The molecule has 12 rings (SSSR count). The maximum absolute atomic E-state index is 5.51. The van der Waals surface area contributed by atoms with Gasteiger partial charge in [-0.2, -0.15) is 0 Å². The molecule has 240 valence electrons. The van der Waals surface area contributed by atoms with E-state index < -0.39 is 0 Å². The zero-order valence-electron chi connectivity index (χ0n) is 28.0. The van der Waals surface area contributed by atoms with Gasteiger partial charge in [-0.05, 0) is 52.2 Å². The van der Waals surface area contributed by atoms with Crippen LogP contribution < -0.4 is 0 Å². The molecule has 0 aliphatic carbocycles. The lowest BCUT2D eigenvalue weighted by Gasteiger charge is -2.14. The van der Waals surface area contributed by atoms with Crippen LogP contribution in [0.5, 0.6) is 0 Å². The lowest BCUT2D eigenvalue weighted by molar-refractivity contribution is 1.02. The molecule has 0 radical (unpaired) electrons. The summed E-state index contributed by atoms with van der Waals surface area (Å²) in [6, 6.07) is 61.1. The predicted molar refractivity (Wildman–Crippen MR) is 217 cm³/mol. The van der Waals surface area contributed by atoms with E-state index in [2.05, 4.69) is 179 Å². The van der Waals surface area contributed by atoms with Gasteiger partial charge in [-0.3, -0.25) is 4.57 Å². The molecule has 0 amide bonds. The molecule has 0 unspecified atom stereocenters. The third-order valence-corrected chi connectivity index (χ3v) is 11.0. The first-order chi connectivity index (χ1) is 25.8. The number of benzene rings is 8. The molecule has 0 spiro atoms. The van der Waals surface area contributed by atoms with Crippen LogP contribution in [0.1, 0.15) is 0 Å². The van der Waals surface area contributed by atoms with Gasteiger partial charge < -0.3 is 4.40 Å². The van der Waals surface area contributed by atoms with Crippen molar-refractivity contribution in [3.8, 4) is 28.3 Å². The van der Waals surface area contributed by atoms with E-state index in [1.54, 1.807) is 0 Å². The Bertz CT molecular complexity index is 3390. The van der Waals surface area contributed by atoms with Crippen molar-refractivity contribution in [2.24, 2.45) is 0 Å². The molecule has 4 aromatic heterocycles. The zero-order chi connectivity index (χ0) is 33.9. The van der Waals surface area contributed by atoms with Crippen molar-refractivity contribution in [3.63, 3.8) is 0 Å². The quantitative estimate of drug-likeness (QED) is 0.177. The van der Waals surface area contributed by atoms with Crippen LogP contribution in [0.25, 0.3) is 110 Å². The van der Waals surface area contributed by atoms with Gasteiger partial charge in [0.15, 0.2) is 0 Å². The molecular formula is C48H28N4. The Hall–Kier alpha value is -7.04. The molecule has 4 heterocycles. The van der Waals surface area contributed by atoms with E-state index in [-0.39, 0.29) is 0 Å². The minimum atomic E-state index is 0.660. The molecule has 0 saturated carbocycles. The second-order valence-electron chi connectivity index (χ2n) is 13.8. The third-order valence-electron chi connectivity index (χ3n) is 11.0. The van der Waals surface area contributed by atoms with E-state index in [1.807, 2.05) is 0 Å². The highest BCUT2D eigenvalue weighted by molar-refractivity contribution is 6.31. The fraction of sp³-hybridized carbons (Fsp3) is 0. The highest BCUT2D eigenvalue weighted by atomic mass is 15.2. The van der Waals surface area contributed by atoms with Gasteiger partial charge in [-0.1, -0.05) is 140 Å². The van der Waals surface area contributed by atoms with Gasteiger partial charge in [0.25, 0.3) is 0 Å². The normalized spacial score (nSPS) is 12.2. The monoisotopic (exact) mass is 660 g/mol. The molecule has 0 fully saturated rings. The maximum Gasteiger partial charge on any atom is 0.235 e. The predicted octanol–water partition coefficient (Wildman–Crippen LogP) is 12.4. The summed E-state index contributed by atoms with van der Waals surface area (Å²) in [6.45, 7) is 0. The molecule has 4 heteroatoms. The topological polar surface area (TPSA) is 35.1 Å². The van der Waals surface area contributed by atoms with E-state index in [0.717, 1.165) is 49.5 Å². The molecule has 0 aliphatic rings. The van der Waals surface area contributed by atoms with Gasteiger partial charge in [0.1, 0.15) is 0 Å². The molecule has 0 aliphatic heterocycles. The molecule has 0 saturated heterocycles. The van der Waals surface area contributed by atoms with Crippen LogP contribution in [-0.2, 0) is 0 Å². The van der Waals surface area contributed by atoms with Crippen molar-refractivity contribution in [3.05, 3.63) is 170 Å². The second-order valence-corrected chi connectivity index (χ2v) is 13.8. The Morgan fingerprint density at radius 1 is 0.365 bits per heavy atom. The van der Waals surface area contributed by atoms with Crippen LogP contribution in [0.15, 0.2) is 170 Å². The Labute approximate surface area is 297 Å². The van der Waals surface area contributed by atoms with Crippen molar-refractivity contribution < 1.29 is 0 Å². The van der Waals surface area contributed by atoms with Crippen LogP contribution in [0.2, 0.25) is 0 Å². The molecule has 0 bridgehead atoms. The fourth-order valence-corrected chi connectivity index (χ4v) is 8.83. The summed E-state index contributed by atoms with van der Waals surface area (Å²) in [5.41, 5.74) is 11.0. The lowest BCUT2D eigenvalue weighted by atomic mass is 10.0. The summed E-state index contributed by atoms with van der Waals surface area (Å²) in [5, 5.41) is 10.7. The summed E-state index contributed by atoms with van der Waals surface area (Å²) < 4.78 is 4.82. The number of aromatic nitrogens is 4. The van der Waals surface area contributed by atoms with Crippen LogP contribution in [0.3, 0.4) is 0 Å². The van der Waals surface area contributed by atoms with E-state index >= 15 is 0 Å². The van der Waals surface area contributed by atoms with Crippen molar-refractivity contribution in [2.75, 3.05) is 0 Å². The number of hydrogen-bond donors (Lipinski definition) is 0. The first kappa shape index (κ1) is 27.7. The summed E-state index contributed by atoms with van der Waals surface area (Å²) in [5.74, 6) is 0.660. The molecular weight excluding hydrogens is 633 g/mol. The second kappa shape index (κ2) is 10.3. The highest BCUT2D eigenvalue weighted by Gasteiger charge is 2.24. The number of hydrogen-bond acceptors (Lipinski definition) is 2. The van der Waals surface area contributed by atoms with Crippen molar-refractivity contribution in [1.29, 1.82) is 0 Å². The summed E-state index contributed by atoms with van der Waals surface area (Å²) >= 11 is 0. The molecule has 8 aromatic carbocycles. The smallest absolute Gasteiger partial charge is 0.235 e. The van der Waals surface area contributed by atoms with Gasteiger partial charge in [0, 0.05) is 43.3 Å². The first-order valence-corrected chi connectivity index (χ1v) is 17.8. The third kappa shape index (κ3) is 3.65. The highest BCUT2D eigenvalue weighted by Crippen LogP contribution is 2.45. The Balaban J connectivity index is 1.34. The molecule has 12 aromatic rings. The summed E-state index contributed by atoms with van der Waals surface area (Å²) in [6.07, 6.45) is 0. The average molecular weight is 661 g/mol. The van der Waals surface area contributed by atoms with Crippen molar-refractivity contribution in [2.45, 2.75) is 0 Å². The standard InChI is InChI=1S/C48H28N4/c1-3-13-29(14-4-1)32-27-41-44-42(28-32)52(48-49-45(31-16-5-2-6-17-31)38-26-25-30-15-7-8-18-33(30)46(38)50-48)40-24-12-20-35(43(40)44)37-22-11-21-36-34-19-9-10-23-39(34)51(41)47(36)37/h1-28H. The first-order valence-electron chi connectivity index (χ1n) is 17.8.